The molecule has 2 aromatic carbocycles. The van der Waals surface area contributed by atoms with E-state index in [4.69, 9.17) is 20.6 Å². The van der Waals surface area contributed by atoms with Crippen LogP contribution in [0.15, 0.2) is 46.9 Å². The molecule has 19 heavy (non-hydrogen) atoms. The van der Waals surface area contributed by atoms with Gasteiger partial charge in [0.25, 0.3) is 0 Å². The van der Waals surface area contributed by atoms with Gasteiger partial charge >= 0.3 is 0 Å². The molecule has 0 heterocycles. The van der Waals surface area contributed by atoms with Crippen molar-refractivity contribution in [1.29, 1.82) is 5.41 Å². The first-order valence-electron chi connectivity index (χ1n) is 5.56. The molecular weight excluding hydrogens is 308 g/mol. The van der Waals surface area contributed by atoms with Crippen molar-refractivity contribution in [3.8, 4) is 17.2 Å². The molecule has 0 atom stereocenters. The lowest BCUT2D eigenvalue weighted by Gasteiger charge is -2.13. The maximum atomic E-state index is 7.58. The number of nitrogens with two attached hydrogens (primary N) is 1. The Hall–Kier alpha value is -2.01. The van der Waals surface area contributed by atoms with Gasteiger partial charge < -0.3 is 15.2 Å². The van der Waals surface area contributed by atoms with E-state index in [-0.39, 0.29) is 5.84 Å². The number of amidine groups is 1. The number of nitrogen functional groups attached to an aromatic ring is 1. The highest BCUT2D eigenvalue weighted by molar-refractivity contribution is 9.10. The molecule has 0 bridgehead atoms. The summed E-state index contributed by atoms with van der Waals surface area (Å²) in [5.41, 5.74) is 6.09. The minimum atomic E-state index is -0.0498. The van der Waals surface area contributed by atoms with Crippen LogP contribution in [0, 0.1) is 5.41 Å². The van der Waals surface area contributed by atoms with Gasteiger partial charge in [0, 0.05) is 4.47 Å². The van der Waals surface area contributed by atoms with E-state index in [9.17, 15) is 0 Å². The Morgan fingerprint density at radius 1 is 1.11 bits per heavy atom. The fourth-order valence-corrected chi connectivity index (χ4v) is 1.98. The third-order valence-electron chi connectivity index (χ3n) is 2.52. The molecule has 98 valence electrons. The SMILES string of the molecule is COc1ccccc1Oc1ccc(Br)cc1C(=N)N. The number of para-hydroxylation sites is 2. The normalized spacial score (nSPS) is 10.0. The quantitative estimate of drug-likeness (QED) is 0.668. The van der Waals surface area contributed by atoms with Gasteiger partial charge in [-0.3, -0.25) is 5.41 Å². The number of hydrogen-bond acceptors (Lipinski definition) is 3. The van der Waals surface area contributed by atoms with Crippen molar-refractivity contribution in [3.63, 3.8) is 0 Å². The van der Waals surface area contributed by atoms with Gasteiger partial charge in [-0.25, -0.2) is 0 Å². The Kier molecular flexibility index (Phi) is 4.06. The Labute approximate surface area is 119 Å². The fraction of sp³-hybridized carbons (Fsp3) is 0.0714. The molecule has 0 aromatic heterocycles. The minimum Gasteiger partial charge on any atom is -0.493 e. The Morgan fingerprint density at radius 2 is 1.79 bits per heavy atom. The van der Waals surface area contributed by atoms with Gasteiger partial charge in [0.2, 0.25) is 0 Å². The van der Waals surface area contributed by atoms with Crippen molar-refractivity contribution in [1.82, 2.24) is 0 Å². The predicted molar refractivity (Wildman–Crippen MR) is 78.2 cm³/mol. The van der Waals surface area contributed by atoms with Crippen molar-refractivity contribution in [3.05, 3.63) is 52.5 Å². The lowest BCUT2D eigenvalue weighted by atomic mass is 10.2. The maximum Gasteiger partial charge on any atom is 0.169 e. The van der Waals surface area contributed by atoms with Crippen LogP contribution in [-0.2, 0) is 0 Å². The molecule has 0 aliphatic rings. The number of methoxy groups -OCH3 is 1. The van der Waals surface area contributed by atoms with Gasteiger partial charge in [0.05, 0.1) is 12.7 Å². The third kappa shape index (κ3) is 3.06. The Balaban J connectivity index is 2.41. The van der Waals surface area contributed by atoms with Crippen molar-refractivity contribution in [2.45, 2.75) is 0 Å². The molecule has 5 heteroatoms. The van der Waals surface area contributed by atoms with E-state index in [0.717, 1.165) is 4.47 Å². The van der Waals surface area contributed by atoms with E-state index < -0.39 is 0 Å². The van der Waals surface area contributed by atoms with E-state index in [1.165, 1.54) is 0 Å². The number of ether oxygens (including phenoxy) is 2. The van der Waals surface area contributed by atoms with Crippen LogP contribution in [0.4, 0.5) is 0 Å². The number of halogens is 1. The van der Waals surface area contributed by atoms with Crippen LogP contribution in [0.25, 0.3) is 0 Å². The zero-order valence-electron chi connectivity index (χ0n) is 10.3. The van der Waals surface area contributed by atoms with E-state index in [1.54, 1.807) is 25.3 Å². The summed E-state index contributed by atoms with van der Waals surface area (Å²) in [6, 6.07) is 12.6. The molecule has 0 aliphatic carbocycles. The number of hydrogen-bond donors (Lipinski definition) is 2. The Morgan fingerprint density at radius 3 is 2.42 bits per heavy atom. The summed E-state index contributed by atoms with van der Waals surface area (Å²) >= 11 is 3.35. The zero-order valence-corrected chi connectivity index (χ0v) is 11.9. The second-order valence-electron chi connectivity index (χ2n) is 3.81. The summed E-state index contributed by atoms with van der Waals surface area (Å²) in [4.78, 5) is 0. The van der Waals surface area contributed by atoms with Crippen LogP contribution in [0.3, 0.4) is 0 Å². The molecule has 0 spiro atoms. The molecule has 0 saturated carbocycles. The maximum absolute atomic E-state index is 7.58. The molecule has 0 aliphatic heterocycles. The standard InChI is InChI=1S/C14H13BrN2O2/c1-18-12-4-2-3-5-13(12)19-11-7-6-9(15)8-10(11)14(16)17/h2-8H,1H3,(H3,16,17). The number of rotatable bonds is 4. The predicted octanol–water partition coefficient (Wildman–Crippen LogP) is 3.53. The largest absolute Gasteiger partial charge is 0.493 e. The van der Waals surface area contributed by atoms with E-state index in [0.29, 0.717) is 22.8 Å². The molecule has 4 nitrogen and oxygen atoms in total. The number of benzene rings is 2. The average molecular weight is 321 g/mol. The molecule has 0 radical (unpaired) electrons. The van der Waals surface area contributed by atoms with Crippen LogP contribution >= 0.6 is 15.9 Å². The van der Waals surface area contributed by atoms with Crippen molar-refractivity contribution >= 4 is 21.8 Å². The van der Waals surface area contributed by atoms with Gasteiger partial charge in [-0.1, -0.05) is 28.1 Å². The third-order valence-corrected chi connectivity index (χ3v) is 3.01. The van der Waals surface area contributed by atoms with E-state index >= 15 is 0 Å². The highest BCUT2D eigenvalue weighted by Crippen LogP contribution is 2.33. The second-order valence-corrected chi connectivity index (χ2v) is 4.72. The first-order valence-corrected chi connectivity index (χ1v) is 6.36. The van der Waals surface area contributed by atoms with Gasteiger partial charge in [0.15, 0.2) is 11.5 Å². The van der Waals surface area contributed by atoms with Gasteiger partial charge in [0.1, 0.15) is 11.6 Å². The molecular formula is C14H13BrN2O2. The molecule has 2 rings (SSSR count). The van der Waals surface area contributed by atoms with E-state index in [1.807, 2.05) is 24.3 Å². The van der Waals surface area contributed by atoms with Crippen molar-refractivity contribution < 1.29 is 9.47 Å². The van der Waals surface area contributed by atoms with Gasteiger partial charge in [-0.05, 0) is 30.3 Å². The topological polar surface area (TPSA) is 68.3 Å². The molecule has 3 N–H and O–H groups in total. The molecule has 0 unspecified atom stereocenters. The van der Waals surface area contributed by atoms with Crippen LogP contribution in [0.2, 0.25) is 0 Å². The van der Waals surface area contributed by atoms with Gasteiger partial charge in [-0.15, -0.1) is 0 Å². The summed E-state index contributed by atoms with van der Waals surface area (Å²) in [5.74, 6) is 1.67. The Bertz CT molecular complexity index is 614. The monoisotopic (exact) mass is 320 g/mol. The summed E-state index contributed by atoms with van der Waals surface area (Å²) in [6.07, 6.45) is 0. The van der Waals surface area contributed by atoms with Crippen molar-refractivity contribution in [2.24, 2.45) is 5.73 Å². The average Bonchev–Trinajstić information content (AvgIpc) is 2.41. The molecule has 0 saturated heterocycles. The summed E-state index contributed by atoms with van der Waals surface area (Å²) in [5, 5.41) is 7.58. The summed E-state index contributed by atoms with van der Waals surface area (Å²) in [6.45, 7) is 0. The van der Waals surface area contributed by atoms with E-state index in [2.05, 4.69) is 15.9 Å². The zero-order chi connectivity index (χ0) is 13.8. The van der Waals surface area contributed by atoms with Crippen LogP contribution in [0.5, 0.6) is 17.2 Å². The first kappa shape index (κ1) is 13.4. The number of nitrogens with one attached hydrogen (secondary N) is 1. The van der Waals surface area contributed by atoms with Crippen LogP contribution in [0.1, 0.15) is 5.56 Å². The molecule has 0 amide bonds. The van der Waals surface area contributed by atoms with Crippen LogP contribution < -0.4 is 15.2 Å². The molecule has 2 aromatic rings. The first-order chi connectivity index (χ1) is 9.11. The lowest BCUT2D eigenvalue weighted by molar-refractivity contribution is 0.378. The smallest absolute Gasteiger partial charge is 0.169 e. The minimum absolute atomic E-state index is 0.0498. The summed E-state index contributed by atoms with van der Waals surface area (Å²) < 4.78 is 11.8. The van der Waals surface area contributed by atoms with Crippen LogP contribution in [-0.4, -0.2) is 12.9 Å². The second kappa shape index (κ2) is 5.75. The highest BCUT2D eigenvalue weighted by atomic mass is 79.9. The lowest BCUT2D eigenvalue weighted by Crippen LogP contribution is -2.12. The fourth-order valence-electron chi connectivity index (χ4n) is 1.62. The van der Waals surface area contributed by atoms with Gasteiger partial charge in [-0.2, -0.15) is 0 Å². The van der Waals surface area contributed by atoms with Crippen molar-refractivity contribution in [2.75, 3.05) is 7.11 Å². The highest BCUT2D eigenvalue weighted by Gasteiger charge is 2.11. The summed E-state index contributed by atoms with van der Waals surface area (Å²) in [7, 11) is 1.58. The molecule has 0 fully saturated rings.